The number of carbonyl (C=O) groups is 3. The molecule has 194 valence electrons. The van der Waals surface area contributed by atoms with Gasteiger partial charge in [-0.1, -0.05) is 40.7 Å². The van der Waals surface area contributed by atoms with Gasteiger partial charge in [-0.3, -0.25) is 9.59 Å². The average Bonchev–Trinajstić information content (AvgIpc) is 3.37. The molecular weight excluding hydrogens is 464 g/mol. The summed E-state index contributed by atoms with van der Waals surface area (Å²) in [4.78, 5) is 38.6. The largest absolute Gasteiger partial charge is 0.472 e. The van der Waals surface area contributed by atoms with Gasteiger partial charge in [0, 0.05) is 34.7 Å². The Morgan fingerprint density at radius 3 is 2.50 bits per heavy atom. The minimum absolute atomic E-state index is 0.0569. The maximum atomic E-state index is 13.2. The summed E-state index contributed by atoms with van der Waals surface area (Å²) in [6, 6.07) is 1.79. The van der Waals surface area contributed by atoms with Crippen molar-refractivity contribution in [2.24, 2.45) is 33.5 Å². The SMILES string of the molecule is CC(=O)O[C@H]1[C@@H](O)[C@]2(C)[C@H](CC[C@@]3(C)[C@H](c4ccoc4)OC(=O)[C@H]4O[C@@]423)[C@@]2(C)C=CC(=O)C(C)(C)[C@H]12. The van der Waals surface area contributed by atoms with Crippen LogP contribution < -0.4 is 0 Å². The van der Waals surface area contributed by atoms with Crippen molar-refractivity contribution in [2.75, 3.05) is 0 Å². The van der Waals surface area contributed by atoms with Crippen LogP contribution in [-0.4, -0.2) is 46.7 Å². The first-order valence-electron chi connectivity index (χ1n) is 12.8. The number of furan rings is 1. The van der Waals surface area contributed by atoms with Crippen LogP contribution in [0.25, 0.3) is 0 Å². The number of cyclic esters (lactones) is 1. The summed E-state index contributed by atoms with van der Waals surface area (Å²) >= 11 is 0. The normalized spacial score (nSPS) is 50.2. The Bertz CT molecular complexity index is 1180. The smallest absolute Gasteiger partial charge is 0.339 e. The highest BCUT2D eigenvalue weighted by molar-refractivity contribution is 5.96. The Balaban J connectivity index is 1.57. The monoisotopic (exact) mass is 498 g/mol. The van der Waals surface area contributed by atoms with Crippen molar-refractivity contribution in [3.05, 3.63) is 36.3 Å². The van der Waals surface area contributed by atoms with Crippen molar-refractivity contribution < 1.29 is 38.1 Å². The van der Waals surface area contributed by atoms with Crippen molar-refractivity contribution in [3.63, 3.8) is 0 Å². The number of rotatable bonds is 2. The molecule has 2 saturated heterocycles. The average molecular weight is 499 g/mol. The molecule has 36 heavy (non-hydrogen) atoms. The number of aliphatic hydroxyl groups excluding tert-OH is 1. The first kappa shape index (κ1) is 23.9. The fourth-order valence-corrected chi connectivity index (χ4v) is 9.34. The van der Waals surface area contributed by atoms with E-state index in [0.717, 1.165) is 5.56 Å². The molecule has 0 radical (unpaired) electrons. The van der Waals surface area contributed by atoms with Crippen LogP contribution in [0.5, 0.6) is 0 Å². The van der Waals surface area contributed by atoms with E-state index in [1.165, 1.54) is 6.92 Å². The molecule has 3 heterocycles. The third-order valence-electron chi connectivity index (χ3n) is 10.8. The van der Waals surface area contributed by atoms with Crippen molar-refractivity contribution in [1.82, 2.24) is 0 Å². The first-order chi connectivity index (χ1) is 16.8. The van der Waals surface area contributed by atoms with Crippen LogP contribution in [0.15, 0.2) is 35.2 Å². The van der Waals surface area contributed by atoms with Gasteiger partial charge in [0.2, 0.25) is 0 Å². The first-order valence-corrected chi connectivity index (χ1v) is 12.8. The lowest BCUT2D eigenvalue weighted by Gasteiger charge is -2.69. The molecule has 1 aromatic heterocycles. The molecule has 0 bridgehead atoms. The summed E-state index contributed by atoms with van der Waals surface area (Å²) in [6.07, 6.45) is 4.57. The molecule has 8 nitrogen and oxygen atoms in total. The van der Waals surface area contributed by atoms with E-state index >= 15 is 0 Å². The van der Waals surface area contributed by atoms with Crippen LogP contribution in [0.1, 0.15) is 66.1 Å². The van der Waals surface area contributed by atoms with Crippen LogP contribution in [0.4, 0.5) is 0 Å². The second-order valence-corrected chi connectivity index (χ2v) is 12.7. The van der Waals surface area contributed by atoms with Gasteiger partial charge in [-0.2, -0.15) is 0 Å². The second kappa shape index (κ2) is 6.90. The zero-order chi connectivity index (χ0) is 26.1. The van der Waals surface area contributed by atoms with E-state index < -0.39 is 69.5 Å². The van der Waals surface area contributed by atoms with E-state index in [0.29, 0.717) is 12.8 Å². The Morgan fingerprint density at radius 2 is 1.86 bits per heavy atom. The minimum Gasteiger partial charge on any atom is -0.472 e. The van der Waals surface area contributed by atoms with Crippen molar-refractivity contribution in [1.29, 1.82) is 0 Å². The summed E-state index contributed by atoms with van der Waals surface area (Å²) in [5.74, 6) is -1.63. The molecule has 10 atom stereocenters. The predicted octanol–water partition coefficient (Wildman–Crippen LogP) is 3.53. The molecule has 1 spiro atoms. The molecule has 2 aliphatic heterocycles. The van der Waals surface area contributed by atoms with Gasteiger partial charge in [0.15, 0.2) is 11.9 Å². The summed E-state index contributed by atoms with van der Waals surface area (Å²) in [6.45, 7) is 11.2. The van der Waals surface area contributed by atoms with Crippen LogP contribution in [0, 0.1) is 33.5 Å². The minimum atomic E-state index is -1.16. The lowest BCUT2D eigenvalue weighted by atomic mass is 9.35. The molecule has 5 aliphatic rings. The number of ketones is 1. The summed E-state index contributed by atoms with van der Waals surface area (Å²) in [7, 11) is 0. The maximum absolute atomic E-state index is 13.2. The summed E-state index contributed by atoms with van der Waals surface area (Å²) in [5.41, 5.74) is -3.38. The van der Waals surface area contributed by atoms with Crippen molar-refractivity contribution in [3.8, 4) is 0 Å². The van der Waals surface area contributed by atoms with E-state index in [-0.39, 0.29) is 11.7 Å². The van der Waals surface area contributed by atoms with Gasteiger partial charge in [0.25, 0.3) is 0 Å². The second-order valence-electron chi connectivity index (χ2n) is 12.7. The Kier molecular flexibility index (Phi) is 4.58. The molecule has 2 saturated carbocycles. The molecular formula is C28H34O8. The number of hydrogen-bond donors (Lipinski definition) is 1. The molecule has 0 aromatic carbocycles. The number of fused-ring (bicyclic) bond motifs is 3. The molecule has 3 aliphatic carbocycles. The van der Waals surface area contributed by atoms with Gasteiger partial charge in [0.1, 0.15) is 17.8 Å². The molecule has 0 amide bonds. The van der Waals surface area contributed by atoms with E-state index in [2.05, 4.69) is 13.8 Å². The van der Waals surface area contributed by atoms with Crippen LogP contribution in [0.2, 0.25) is 0 Å². The lowest BCUT2D eigenvalue weighted by molar-refractivity contribution is -0.280. The molecule has 0 unspecified atom stereocenters. The van der Waals surface area contributed by atoms with Crippen molar-refractivity contribution >= 4 is 17.7 Å². The number of carbonyl (C=O) groups excluding carboxylic acids is 3. The zero-order valence-corrected chi connectivity index (χ0v) is 21.6. The third-order valence-corrected chi connectivity index (χ3v) is 10.8. The van der Waals surface area contributed by atoms with E-state index in [1.54, 1.807) is 24.7 Å². The van der Waals surface area contributed by atoms with E-state index in [4.69, 9.17) is 18.6 Å². The standard InChI is InChI=1S/C28H34O8/c1-14(29)34-18-19-24(2,3)17(30)8-10-25(19,4)16-7-11-26(5)21(15-9-12-33-13-15)35-23(32)22-28(26,36-22)27(16,6)20(18)31/h8-10,12-13,16,18-22,31H,7,11H2,1-6H3/t16-,18-,19+,20-,21+,22-,25-,26+,27+,28-/m1/s1. The van der Waals surface area contributed by atoms with Gasteiger partial charge < -0.3 is 23.7 Å². The summed E-state index contributed by atoms with van der Waals surface area (Å²) in [5, 5.41) is 12.2. The number of aliphatic hydroxyl groups is 1. The predicted molar refractivity (Wildman–Crippen MR) is 125 cm³/mol. The number of esters is 2. The Labute approximate surface area is 210 Å². The Hall–Kier alpha value is -2.45. The lowest BCUT2D eigenvalue weighted by Crippen LogP contribution is -2.76. The summed E-state index contributed by atoms with van der Waals surface area (Å²) < 4.78 is 23.5. The fourth-order valence-electron chi connectivity index (χ4n) is 9.34. The molecule has 1 N–H and O–H groups in total. The number of ether oxygens (including phenoxy) is 3. The molecule has 1 aromatic rings. The molecule has 6 rings (SSSR count). The third kappa shape index (κ3) is 2.45. The highest BCUT2D eigenvalue weighted by Gasteiger charge is 2.89. The van der Waals surface area contributed by atoms with E-state index in [9.17, 15) is 19.5 Å². The number of allylic oxidation sites excluding steroid dienone is 2. The maximum Gasteiger partial charge on any atom is 0.339 e. The number of hydrogen-bond acceptors (Lipinski definition) is 8. The van der Waals surface area contributed by atoms with Gasteiger partial charge in [-0.05, 0) is 36.3 Å². The van der Waals surface area contributed by atoms with Crippen LogP contribution >= 0.6 is 0 Å². The fraction of sp³-hybridized carbons (Fsp3) is 0.679. The molecule has 4 fully saturated rings. The number of epoxide rings is 1. The van der Waals surface area contributed by atoms with Gasteiger partial charge >= 0.3 is 11.9 Å². The van der Waals surface area contributed by atoms with Gasteiger partial charge in [-0.15, -0.1) is 0 Å². The van der Waals surface area contributed by atoms with E-state index in [1.807, 2.05) is 26.8 Å². The van der Waals surface area contributed by atoms with Gasteiger partial charge in [-0.25, -0.2) is 4.79 Å². The zero-order valence-electron chi connectivity index (χ0n) is 21.6. The van der Waals surface area contributed by atoms with Crippen LogP contribution in [-0.2, 0) is 28.6 Å². The quantitative estimate of drug-likeness (QED) is 0.486. The highest BCUT2D eigenvalue weighted by atomic mass is 16.7. The topological polar surface area (TPSA) is 116 Å². The highest BCUT2D eigenvalue weighted by Crippen LogP contribution is 2.79. The van der Waals surface area contributed by atoms with Crippen LogP contribution in [0.3, 0.4) is 0 Å². The molecule has 8 heteroatoms. The Morgan fingerprint density at radius 1 is 1.14 bits per heavy atom. The van der Waals surface area contributed by atoms with Crippen molar-refractivity contribution in [2.45, 2.75) is 84.4 Å². The van der Waals surface area contributed by atoms with Gasteiger partial charge in [0.05, 0.1) is 18.6 Å².